The summed E-state index contributed by atoms with van der Waals surface area (Å²) >= 11 is 0. The molecule has 1 amide bonds. The second-order valence-corrected chi connectivity index (χ2v) is 6.02. The van der Waals surface area contributed by atoms with E-state index in [1.165, 1.54) is 19.3 Å². The molecule has 0 aliphatic carbocycles. The highest BCUT2D eigenvalue weighted by atomic mass is 16.6. The average Bonchev–Trinajstić information content (AvgIpc) is 2.41. The molecule has 0 aromatic rings. The number of rotatable bonds is 2. The van der Waals surface area contributed by atoms with E-state index in [0.717, 1.165) is 12.8 Å². The highest BCUT2D eigenvalue weighted by Crippen LogP contribution is 2.32. The minimum absolute atomic E-state index is 0.00678. The molecule has 3 aliphatic rings. The van der Waals surface area contributed by atoms with E-state index in [4.69, 9.17) is 9.47 Å². The van der Waals surface area contributed by atoms with Crippen LogP contribution in [0.15, 0.2) is 0 Å². The molecule has 1 N–H and O–H groups in total. The van der Waals surface area contributed by atoms with Gasteiger partial charge < -0.3 is 19.7 Å². The Morgan fingerprint density at radius 2 is 1.95 bits per heavy atom. The predicted octanol–water partition coefficient (Wildman–Crippen LogP) is 0.533. The van der Waals surface area contributed by atoms with Crippen LogP contribution in [0.25, 0.3) is 0 Å². The van der Waals surface area contributed by atoms with Crippen molar-refractivity contribution in [2.75, 3.05) is 26.9 Å². The lowest BCUT2D eigenvalue weighted by Gasteiger charge is -2.47. The quantitative estimate of drug-likeness (QED) is 0.794. The molecule has 19 heavy (non-hydrogen) atoms. The summed E-state index contributed by atoms with van der Waals surface area (Å²) in [5, 5.41) is 3.17. The molecule has 0 radical (unpaired) electrons. The first-order valence-corrected chi connectivity index (χ1v) is 7.45. The zero-order valence-electron chi connectivity index (χ0n) is 11.6. The largest absolute Gasteiger partial charge is 0.376 e. The number of nitrogens with zero attached hydrogens (tertiary/aromatic N) is 1. The molecule has 0 aromatic heterocycles. The van der Waals surface area contributed by atoms with Gasteiger partial charge in [-0.15, -0.1) is 0 Å². The Morgan fingerprint density at radius 1 is 1.21 bits per heavy atom. The molecule has 3 fully saturated rings. The van der Waals surface area contributed by atoms with Gasteiger partial charge in [-0.2, -0.15) is 0 Å². The van der Waals surface area contributed by atoms with Gasteiger partial charge in [0.05, 0.1) is 19.8 Å². The maximum atomic E-state index is 12.1. The maximum Gasteiger partial charge on any atom is 0.251 e. The third-order valence-corrected chi connectivity index (χ3v) is 4.79. The molecule has 5 heteroatoms. The normalized spacial score (nSPS) is 39.8. The molecule has 5 nitrogen and oxygen atoms in total. The van der Waals surface area contributed by atoms with E-state index in [-0.39, 0.29) is 5.91 Å². The lowest BCUT2D eigenvalue weighted by Crippen LogP contribution is -2.57. The smallest absolute Gasteiger partial charge is 0.251 e. The van der Waals surface area contributed by atoms with Gasteiger partial charge in [0, 0.05) is 18.1 Å². The van der Waals surface area contributed by atoms with Crippen LogP contribution in [0.4, 0.5) is 0 Å². The van der Waals surface area contributed by atoms with Crippen molar-refractivity contribution >= 4 is 5.91 Å². The fourth-order valence-corrected chi connectivity index (χ4v) is 3.67. The standard InChI is InChI=1S/C14H24N2O3/c1-16-11-3-2-4-12(16)8-10(7-11)15-14(17)13-9-18-5-6-19-13/h10-13H,2-9H2,1H3,(H,15,17). The zero-order chi connectivity index (χ0) is 13.2. The molecule has 2 bridgehead atoms. The number of carbonyl (C=O) groups excluding carboxylic acids is 1. The van der Waals surface area contributed by atoms with Crippen LogP contribution in [0.2, 0.25) is 0 Å². The zero-order valence-corrected chi connectivity index (χ0v) is 11.6. The first-order chi connectivity index (χ1) is 9.24. The number of hydrogen-bond donors (Lipinski definition) is 1. The average molecular weight is 268 g/mol. The van der Waals surface area contributed by atoms with Crippen molar-refractivity contribution in [2.45, 2.75) is 56.3 Å². The van der Waals surface area contributed by atoms with E-state index < -0.39 is 6.10 Å². The Labute approximate surface area is 114 Å². The Hall–Kier alpha value is -0.650. The van der Waals surface area contributed by atoms with Crippen LogP contribution in [0.3, 0.4) is 0 Å². The van der Waals surface area contributed by atoms with E-state index >= 15 is 0 Å². The molecule has 3 saturated heterocycles. The van der Waals surface area contributed by atoms with Crippen molar-refractivity contribution < 1.29 is 14.3 Å². The van der Waals surface area contributed by atoms with Crippen molar-refractivity contribution in [3.8, 4) is 0 Å². The fraction of sp³-hybridized carbons (Fsp3) is 0.929. The van der Waals surface area contributed by atoms with E-state index in [9.17, 15) is 4.79 Å². The summed E-state index contributed by atoms with van der Waals surface area (Å²) in [5.74, 6) is 0.00678. The lowest BCUT2D eigenvalue weighted by molar-refractivity contribution is -0.148. The lowest BCUT2D eigenvalue weighted by atomic mass is 9.82. The summed E-state index contributed by atoms with van der Waals surface area (Å²) in [6.45, 7) is 1.52. The summed E-state index contributed by atoms with van der Waals surface area (Å²) in [6, 6.07) is 1.59. The Bertz CT molecular complexity index is 317. The molecule has 3 rings (SSSR count). The van der Waals surface area contributed by atoms with Gasteiger partial charge in [0.15, 0.2) is 6.10 Å². The second kappa shape index (κ2) is 5.77. The first-order valence-electron chi connectivity index (χ1n) is 7.45. The van der Waals surface area contributed by atoms with Gasteiger partial charge in [0.1, 0.15) is 0 Å². The van der Waals surface area contributed by atoms with Gasteiger partial charge in [-0.1, -0.05) is 6.42 Å². The summed E-state index contributed by atoms with van der Waals surface area (Å²) < 4.78 is 10.7. The molecule has 3 atom stereocenters. The minimum Gasteiger partial charge on any atom is -0.376 e. The van der Waals surface area contributed by atoms with Gasteiger partial charge in [0.25, 0.3) is 5.91 Å². The molecule has 3 aliphatic heterocycles. The second-order valence-electron chi connectivity index (χ2n) is 6.02. The molecular formula is C14H24N2O3. The van der Waals surface area contributed by atoms with E-state index in [1.807, 2.05) is 0 Å². The monoisotopic (exact) mass is 268 g/mol. The number of piperidine rings is 2. The van der Waals surface area contributed by atoms with Crippen LogP contribution in [0.5, 0.6) is 0 Å². The highest BCUT2D eigenvalue weighted by Gasteiger charge is 2.37. The molecule has 0 saturated carbocycles. The number of fused-ring (bicyclic) bond motifs is 2. The third kappa shape index (κ3) is 2.93. The summed E-state index contributed by atoms with van der Waals surface area (Å²) in [5.41, 5.74) is 0. The number of ether oxygens (including phenoxy) is 2. The van der Waals surface area contributed by atoms with Crippen LogP contribution in [-0.4, -0.2) is 61.9 Å². The molecule has 3 unspecified atom stereocenters. The highest BCUT2D eigenvalue weighted by molar-refractivity contribution is 5.81. The van der Waals surface area contributed by atoms with Gasteiger partial charge >= 0.3 is 0 Å². The maximum absolute atomic E-state index is 12.1. The van der Waals surface area contributed by atoms with Crippen LogP contribution in [0.1, 0.15) is 32.1 Å². The number of carbonyl (C=O) groups is 1. The van der Waals surface area contributed by atoms with Crippen molar-refractivity contribution in [3.05, 3.63) is 0 Å². The van der Waals surface area contributed by atoms with E-state index in [0.29, 0.717) is 37.9 Å². The first kappa shape index (κ1) is 13.3. The molecule has 3 heterocycles. The molecular weight excluding hydrogens is 244 g/mol. The van der Waals surface area contributed by atoms with Gasteiger partial charge in [0.2, 0.25) is 0 Å². The van der Waals surface area contributed by atoms with Gasteiger partial charge in [-0.25, -0.2) is 0 Å². The summed E-state index contributed by atoms with van der Waals surface area (Å²) in [6.07, 6.45) is 5.61. The van der Waals surface area contributed by atoms with Crippen molar-refractivity contribution in [1.29, 1.82) is 0 Å². The van der Waals surface area contributed by atoms with Crippen LogP contribution < -0.4 is 5.32 Å². The Morgan fingerprint density at radius 3 is 2.58 bits per heavy atom. The molecule has 0 spiro atoms. The van der Waals surface area contributed by atoms with Gasteiger partial charge in [-0.05, 0) is 32.7 Å². The summed E-state index contributed by atoms with van der Waals surface area (Å²) in [7, 11) is 2.23. The Balaban J connectivity index is 1.54. The predicted molar refractivity (Wildman–Crippen MR) is 70.9 cm³/mol. The minimum atomic E-state index is -0.409. The Kier molecular flexibility index (Phi) is 4.05. The summed E-state index contributed by atoms with van der Waals surface area (Å²) in [4.78, 5) is 14.6. The van der Waals surface area contributed by atoms with E-state index in [2.05, 4.69) is 17.3 Å². The van der Waals surface area contributed by atoms with Crippen molar-refractivity contribution in [1.82, 2.24) is 10.2 Å². The van der Waals surface area contributed by atoms with Crippen LogP contribution in [-0.2, 0) is 14.3 Å². The van der Waals surface area contributed by atoms with E-state index in [1.54, 1.807) is 0 Å². The number of nitrogens with one attached hydrogen (secondary N) is 1. The molecule has 0 aromatic carbocycles. The molecule has 108 valence electrons. The third-order valence-electron chi connectivity index (χ3n) is 4.79. The SMILES string of the molecule is CN1C2CCCC1CC(NC(=O)C1COCCO1)C2. The topological polar surface area (TPSA) is 50.8 Å². The van der Waals surface area contributed by atoms with Gasteiger partial charge in [-0.3, -0.25) is 4.79 Å². The van der Waals surface area contributed by atoms with Crippen molar-refractivity contribution in [2.24, 2.45) is 0 Å². The fourth-order valence-electron chi connectivity index (χ4n) is 3.67. The van der Waals surface area contributed by atoms with Crippen molar-refractivity contribution in [3.63, 3.8) is 0 Å². The number of hydrogen-bond acceptors (Lipinski definition) is 4. The van der Waals surface area contributed by atoms with Crippen LogP contribution >= 0.6 is 0 Å². The van der Waals surface area contributed by atoms with Crippen LogP contribution in [0, 0.1) is 0 Å². The number of amides is 1.